The summed E-state index contributed by atoms with van der Waals surface area (Å²) in [5.74, 6) is 5.21. The second-order valence-electron chi connectivity index (χ2n) is 12.6. The monoisotopic (exact) mass is 432 g/mol. The van der Waals surface area contributed by atoms with Gasteiger partial charge >= 0.3 is 5.97 Å². The molecule has 30 heavy (non-hydrogen) atoms. The Morgan fingerprint density at radius 1 is 1.03 bits per heavy atom. The van der Waals surface area contributed by atoms with Crippen LogP contribution in [0.2, 0.25) is 18.1 Å². The van der Waals surface area contributed by atoms with Crippen LogP contribution < -0.4 is 0 Å². The highest BCUT2D eigenvalue weighted by Crippen LogP contribution is 2.62. The van der Waals surface area contributed by atoms with Crippen molar-refractivity contribution in [1.82, 2.24) is 0 Å². The van der Waals surface area contributed by atoms with Crippen LogP contribution in [0.15, 0.2) is 11.8 Å². The molecule has 3 saturated carbocycles. The Hall–Kier alpha value is -0.773. The Bertz CT molecular complexity index is 706. The number of fused-ring (bicyclic) bond motifs is 5. The molecule has 4 rings (SSSR count). The minimum atomic E-state index is -1.74. The molecular formula is C26H44O3Si. The van der Waals surface area contributed by atoms with Crippen molar-refractivity contribution in [3.05, 3.63) is 11.8 Å². The third kappa shape index (κ3) is 3.80. The summed E-state index contributed by atoms with van der Waals surface area (Å²) < 4.78 is 12.5. The van der Waals surface area contributed by atoms with Gasteiger partial charge in [0.1, 0.15) is 6.10 Å². The van der Waals surface area contributed by atoms with E-state index in [2.05, 4.69) is 46.9 Å². The van der Waals surface area contributed by atoms with Crippen molar-refractivity contribution < 1.29 is 14.0 Å². The average Bonchev–Trinajstić information content (AvgIpc) is 2.96. The number of rotatable bonds is 3. The first-order valence-corrected chi connectivity index (χ1v) is 15.4. The van der Waals surface area contributed by atoms with Gasteiger partial charge in [0, 0.05) is 18.8 Å². The molecule has 3 nitrogen and oxygen atoms in total. The highest BCUT2D eigenvalue weighted by Gasteiger charge is 2.57. The van der Waals surface area contributed by atoms with Crippen LogP contribution in [0.1, 0.15) is 86.0 Å². The molecule has 3 fully saturated rings. The molecule has 0 aromatic heterocycles. The summed E-state index contributed by atoms with van der Waals surface area (Å²) in [6.45, 7) is 15.7. The van der Waals surface area contributed by atoms with Crippen LogP contribution in [-0.2, 0) is 14.0 Å². The highest BCUT2D eigenvalue weighted by molar-refractivity contribution is 6.74. The molecule has 0 aromatic rings. The van der Waals surface area contributed by atoms with Crippen LogP contribution >= 0.6 is 0 Å². The maximum atomic E-state index is 11.6. The van der Waals surface area contributed by atoms with E-state index in [1.807, 2.05) is 0 Å². The summed E-state index contributed by atoms with van der Waals surface area (Å²) in [7, 11) is -1.74. The molecule has 0 aliphatic heterocycles. The highest BCUT2D eigenvalue weighted by atomic mass is 28.4. The van der Waals surface area contributed by atoms with E-state index in [0.29, 0.717) is 0 Å². The third-order valence-electron chi connectivity index (χ3n) is 9.96. The largest absolute Gasteiger partial charge is 0.547 e. The predicted octanol–water partition coefficient (Wildman–Crippen LogP) is 7.09. The number of hydrogen-bond acceptors (Lipinski definition) is 3. The Morgan fingerprint density at radius 2 is 1.77 bits per heavy atom. The summed E-state index contributed by atoms with van der Waals surface area (Å²) in [6.07, 6.45) is 12.7. The summed E-state index contributed by atoms with van der Waals surface area (Å²) in [6, 6.07) is 0. The van der Waals surface area contributed by atoms with E-state index < -0.39 is 8.32 Å². The van der Waals surface area contributed by atoms with Gasteiger partial charge in [0.2, 0.25) is 8.32 Å². The van der Waals surface area contributed by atoms with Crippen molar-refractivity contribution in [2.75, 3.05) is 0 Å². The van der Waals surface area contributed by atoms with Crippen molar-refractivity contribution in [1.29, 1.82) is 0 Å². The first kappa shape index (κ1) is 22.4. The molecule has 0 spiro atoms. The predicted molar refractivity (Wildman–Crippen MR) is 124 cm³/mol. The standard InChI is InChI=1S/C26H44O3Si/c1-17(27)28-24-13-12-23-22-10-8-18-16-19(29-30(6,7)25(2,3)4)9-11-20(18)21(22)14-15-26(23,24)5/h16,18,20-24H,8-15H2,1-7H3/t18-,20-,21+,22+,23-,24-,26-/m0/s1. The van der Waals surface area contributed by atoms with Crippen molar-refractivity contribution >= 4 is 14.3 Å². The minimum Gasteiger partial charge on any atom is -0.547 e. The summed E-state index contributed by atoms with van der Waals surface area (Å²) in [4.78, 5) is 11.6. The van der Waals surface area contributed by atoms with E-state index in [1.165, 1.54) is 44.3 Å². The van der Waals surface area contributed by atoms with E-state index in [-0.39, 0.29) is 22.5 Å². The fourth-order valence-corrected chi connectivity index (χ4v) is 8.49. The SMILES string of the molecule is CC(=O)O[C@H]1CC[C@H]2[C@@H]3CC[C@H]4C=C(O[Si](C)(C)C(C)(C)C)CC[C@@H]4[C@H]3CC[C@]12C. The fraction of sp³-hybridized carbons (Fsp3) is 0.885. The van der Waals surface area contributed by atoms with Crippen molar-refractivity contribution in [3.8, 4) is 0 Å². The molecule has 0 saturated heterocycles. The molecule has 0 N–H and O–H groups in total. The lowest BCUT2D eigenvalue weighted by atomic mass is 9.51. The lowest BCUT2D eigenvalue weighted by Gasteiger charge is -2.55. The van der Waals surface area contributed by atoms with Crippen LogP contribution in [0.25, 0.3) is 0 Å². The van der Waals surface area contributed by atoms with Crippen molar-refractivity contribution in [2.24, 2.45) is 35.0 Å². The zero-order valence-corrected chi connectivity index (χ0v) is 21.4. The smallest absolute Gasteiger partial charge is 0.302 e. The molecule has 4 aliphatic rings. The topological polar surface area (TPSA) is 35.5 Å². The van der Waals surface area contributed by atoms with Gasteiger partial charge in [0.25, 0.3) is 0 Å². The molecule has 4 heteroatoms. The van der Waals surface area contributed by atoms with Crippen LogP contribution in [-0.4, -0.2) is 20.4 Å². The molecule has 4 aliphatic carbocycles. The van der Waals surface area contributed by atoms with Gasteiger partial charge in [0.05, 0.1) is 5.76 Å². The van der Waals surface area contributed by atoms with Crippen LogP contribution in [0.3, 0.4) is 0 Å². The van der Waals surface area contributed by atoms with E-state index >= 15 is 0 Å². The second-order valence-corrected chi connectivity index (χ2v) is 17.3. The molecule has 7 atom stereocenters. The molecule has 0 bridgehead atoms. The Kier molecular flexibility index (Phi) is 5.73. The first-order valence-electron chi connectivity index (χ1n) is 12.5. The van der Waals surface area contributed by atoms with Crippen LogP contribution in [0, 0.1) is 35.0 Å². The maximum absolute atomic E-state index is 11.6. The lowest BCUT2D eigenvalue weighted by Crippen LogP contribution is -2.49. The van der Waals surface area contributed by atoms with Gasteiger partial charge in [-0.25, -0.2) is 0 Å². The molecule has 0 unspecified atom stereocenters. The van der Waals surface area contributed by atoms with Crippen LogP contribution in [0.5, 0.6) is 0 Å². The lowest BCUT2D eigenvalue weighted by molar-refractivity contribution is -0.157. The van der Waals surface area contributed by atoms with Crippen LogP contribution in [0.4, 0.5) is 0 Å². The summed E-state index contributed by atoms with van der Waals surface area (Å²) >= 11 is 0. The number of esters is 1. The van der Waals surface area contributed by atoms with Crippen molar-refractivity contribution in [2.45, 2.75) is 110 Å². The van der Waals surface area contributed by atoms with E-state index in [0.717, 1.165) is 42.4 Å². The van der Waals surface area contributed by atoms with Gasteiger partial charge in [-0.3, -0.25) is 4.79 Å². The number of allylic oxidation sites excluding steroid dienone is 2. The van der Waals surface area contributed by atoms with Gasteiger partial charge in [-0.05, 0) is 98.7 Å². The fourth-order valence-electron chi connectivity index (χ4n) is 7.36. The number of hydrogen-bond donors (Lipinski definition) is 0. The van der Waals surface area contributed by atoms with Crippen molar-refractivity contribution in [3.63, 3.8) is 0 Å². The van der Waals surface area contributed by atoms with Gasteiger partial charge < -0.3 is 9.16 Å². The minimum absolute atomic E-state index is 0.0978. The molecule has 0 amide bonds. The van der Waals surface area contributed by atoms with E-state index in [1.54, 1.807) is 6.92 Å². The Balaban J connectivity index is 1.47. The number of ether oxygens (including phenoxy) is 1. The Labute approximate surface area is 185 Å². The number of carbonyl (C=O) groups excluding carboxylic acids is 1. The Morgan fingerprint density at radius 3 is 2.43 bits per heavy atom. The maximum Gasteiger partial charge on any atom is 0.302 e. The molecule has 0 aromatic carbocycles. The third-order valence-corrected chi connectivity index (χ3v) is 14.3. The van der Waals surface area contributed by atoms with Gasteiger partial charge in [-0.2, -0.15) is 0 Å². The van der Waals surface area contributed by atoms with Gasteiger partial charge in [-0.15, -0.1) is 0 Å². The molecule has 0 heterocycles. The second kappa shape index (κ2) is 7.67. The van der Waals surface area contributed by atoms with Gasteiger partial charge in [-0.1, -0.05) is 27.7 Å². The quantitative estimate of drug-likeness (QED) is 0.353. The zero-order chi connectivity index (χ0) is 21.9. The summed E-state index contributed by atoms with van der Waals surface area (Å²) in [5.41, 5.74) is 0.209. The summed E-state index contributed by atoms with van der Waals surface area (Å²) in [5, 5.41) is 0.261. The molecular weight excluding hydrogens is 388 g/mol. The number of carbonyl (C=O) groups is 1. The molecule has 170 valence electrons. The first-order chi connectivity index (χ1) is 13.9. The normalized spacial score (nSPS) is 41.2. The van der Waals surface area contributed by atoms with E-state index in [9.17, 15) is 4.79 Å². The van der Waals surface area contributed by atoms with Gasteiger partial charge in [0.15, 0.2) is 0 Å². The van der Waals surface area contributed by atoms with E-state index in [4.69, 9.17) is 9.16 Å². The average molecular weight is 433 g/mol. The zero-order valence-electron chi connectivity index (χ0n) is 20.4. The molecule has 0 radical (unpaired) electrons.